The number of aromatic nitrogens is 1. The van der Waals surface area contributed by atoms with Crippen LogP contribution in [0.25, 0.3) is 11.1 Å². The van der Waals surface area contributed by atoms with Crippen molar-refractivity contribution in [2.75, 3.05) is 11.9 Å². The Morgan fingerprint density at radius 3 is 1.97 bits per heavy atom. The van der Waals surface area contributed by atoms with Crippen LogP contribution in [0.4, 0.5) is 5.69 Å². The predicted octanol–water partition coefficient (Wildman–Crippen LogP) is 4.97. The second-order valence-electron chi connectivity index (χ2n) is 7.27. The van der Waals surface area contributed by atoms with Crippen LogP contribution in [-0.4, -0.2) is 23.3 Å². The molecule has 2 amide bonds. The van der Waals surface area contributed by atoms with Crippen LogP contribution < -0.4 is 10.6 Å². The molecule has 4 rings (SSSR count). The van der Waals surface area contributed by atoms with Gasteiger partial charge in [0.05, 0.1) is 11.1 Å². The number of pyridine rings is 1. The highest BCUT2D eigenvalue weighted by Crippen LogP contribution is 2.21. The van der Waals surface area contributed by atoms with Crippen LogP contribution in [-0.2, 0) is 6.42 Å². The van der Waals surface area contributed by atoms with Crippen LogP contribution >= 0.6 is 0 Å². The molecule has 0 aliphatic heterocycles. The summed E-state index contributed by atoms with van der Waals surface area (Å²) in [7, 11) is 0. The fourth-order valence-electron chi connectivity index (χ4n) is 3.40. The zero-order chi connectivity index (χ0) is 22.2. The lowest BCUT2D eigenvalue weighted by Gasteiger charge is -2.11. The molecule has 0 radical (unpaired) electrons. The van der Waals surface area contributed by atoms with E-state index in [0.717, 1.165) is 16.8 Å². The molecule has 5 nitrogen and oxygen atoms in total. The molecular weight excluding hydrogens is 398 g/mol. The van der Waals surface area contributed by atoms with Crippen LogP contribution in [0.5, 0.6) is 0 Å². The molecule has 1 heterocycles. The van der Waals surface area contributed by atoms with Gasteiger partial charge in [-0.3, -0.25) is 14.6 Å². The van der Waals surface area contributed by atoms with Crippen molar-refractivity contribution in [3.05, 3.63) is 120 Å². The van der Waals surface area contributed by atoms with Gasteiger partial charge < -0.3 is 10.6 Å². The van der Waals surface area contributed by atoms with Crippen molar-refractivity contribution in [2.24, 2.45) is 0 Å². The predicted molar refractivity (Wildman–Crippen MR) is 127 cm³/mol. The van der Waals surface area contributed by atoms with Crippen LogP contribution in [0.1, 0.15) is 26.4 Å². The molecule has 0 fully saturated rings. The molecule has 0 saturated carbocycles. The zero-order valence-electron chi connectivity index (χ0n) is 17.5. The molecule has 0 bridgehead atoms. The minimum Gasteiger partial charge on any atom is -0.352 e. The molecule has 0 spiro atoms. The average molecular weight is 422 g/mol. The third kappa shape index (κ3) is 5.26. The van der Waals surface area contributed by atoms with Crippen molar-refractivity contribution >= 4 is 17.5 Å². The van der Waals surface area contributed by atoms with Crippen LogP contribution in [0.3, 0.4) is 0 Å². The number of nitrogens with zero attached hydrogens (tertiary/aromatic N) is 1. The second kappa shape index (κ2) is 10.2. The molecule has 158 valence electrons. The number of amides is 2. The highest BCUT2D eigenvalue weighted by atomic mass is 16.2. The first kappa shape index (κ1) is 21.0. The Morgan fingerprint density at radius 1 is 0.656 bits per heavy atom. The smallest absolute Gasteiger partial charge is 0.256 e. The SMILES string of the molecule is O=C(NCCc1ccccn1)c1ccccc1C(=O)Nc1ccc(-c2ccccc2)cc1. The number of nitrogens with one attached hydrogen (secondary N) is 2. The van der Waals surface area contributed by atoms with Crippen molar-refractivity contribution in [3.8, 4) is 11.1 Å². The van der Waals surface area contributed by atoms with Crippen molar-refractivity contribution < 1.29 is 9.59 Å². The lowest BCUT2D eigenvalue weighted by molar-refractivity contribution is 0.0940. The van der Waals surface area contributed by atoms with Gasteiger partial charge in [0.1, 0.15) is 0 Å². The summed E-state index contributed by atoms with van der Waals surface area (Å²) < 4.78 is 0. The van der Waals surface area contributed by atoms with Gasteiger partial charge in [-0.15, -0.1) is 0 Å². The summed E-state index contributed by atoms with van der Waals surface area (Å²) >= 11 is 0. The zero-order valence-corrected chi connectivity index (χ0v) is 17.5. The van der Waals surface area contributed by atoms with Crippen LogP contribution in [0.15, 0.2) is 103 Å². The van der Waals surface area contributed by atoms with Gasteiger partial charge in [-0.25, -0.2) is 0 Å². The lowest BCUT2D eigenvalue weighted by Crippen LogP contribution is -2.28. The van der Waals surface area contributed by atoms with Gasteiger partial charge in [0.25, 0.3) is 11.8 Å². The molecule has 1 aromatic heterocycles. The summed E-state index contributed by atoms with van der Waals surface area (Å²) in [5.41, 5.74) is 4.41. The number of rotatable bonds is 7. The molecule has 5 heteroatoms. The van der Waals surface area contributed by atoms with Gasteiger partial charge in [-0.1, -0.05) is 60.7 Å². The Hall–Kier alpha value is -4.25. The number of carbonyl (C=O) groups excluding carboxylic acids is 2. The monoisotopic (exact) mass is 421 g/mol. The van der Waals surface area contributed by atoms with Crippen LogP contribution in [0, 0.1) is 0 Å². The fraction of sp³-hybridized carbons (Fsp3) is 0.0741. The summed E-state index contributed by atoms with van der Waals surface area (Å²) in [6, 6.07) is 30.2. The van der Waals surface area contributed by atoms with Crippen LogP contribution in [0.2, 0.25) is 0 Å². The maximum atomic E-state index is 12.9. The average Bonchev–Trinajstić information content (AvgIpc) is 2.85. The van der Waals surface area contributed by atoms with Gasteiger partial charge in [0.15, 0.2) is 0 Å². The molecule has 0 atom stereocenters. The minimum atomic E-state index is -0.326. The van der Waals surface area contributed by atoms with E-state index in [2.05, 4.69) is 15.6 Å². The number of benzene rings is 3. The van der Waals surface area contributed by atoms with Crippen molar-refractivity contribution in [1.29, 1.82) is 0 Å². The first-order valence-corrected chi connectivity index (χ1v) is 10.4. The van der Waals surface area contributed by atoms with Crippen molar-refractivity contribution in [3.63, 3.8) is 0 Å². The Kier molecular flexibility index (Phi) is 6.68. The summed E-state index contributed by atoms with van der Waals surface area (Å²) in [4.78, 5) is 29.8. The molecule has 0 aliphatic rings. The van der Waals surface area contributed by atoms with E-state index in [9.17, 15) is 9.59 Å². The summed E-state index contributed by atoms with van der Waals surface area (Å²) in [5.74, 6) is -0.612. The minimum absolute atomic E-state index is 0.286. The number of carbonyl (C=O) groups is 2. The second-order valence-corrected chi connectivity index (χ2v) is 7.27. The number of anilines is 1. The first-order valence-electron chi connectivity index (χ1n) is 10.4. The largest absolute Gasteiger partial charge is 0.352 e. The summed E-state index contributed by atoms with van der Waals surface area (Å²) in [5, 5.41) is 5.76. The third-order valence-corrected chi connectivity index (χ3v) is 5.06. The highest BCUT2D eigenvalue weighted by molar-refractivity contribution is 6.12. The third-order valence-electron chi connectivity index (χ3n) is 5.06. The van der Waals surface area contributed by atoms with Gasteiger partial charge >= 0.3 is 0 Å². The van der Waals surface area contributed by atoms with E-state index in [0.29, 0.717) is 29.8 Å². The quantitative estimate of drug-likeness (QED) is 0.442. The number of hydrogen-bond acceptors (Lipinski definition) is 3. The molecule has 3 aromatic carbocycles. The Morgan fingerprint density at radius 2 is 1.28 bits per heavy atom. The number of hydrogen-bond donors (Lipinski definition) is 2. The van der Waals surface area contributed by atoms with E-state index in [-0.39, 0.29) is 11.8 Å². The van der Waals surface area contributed by atoms with Gasteiger partial charge in [-0.05, 0) is 47.5 Å². The van der Waals surface area contributed by atoms with Gasteiger partial charge in [0, 0.05) is 30.5 Å². The van der Waals surface area contributed by atoms with E-state index in [1.165, 1.54) is 0 Å². The van der Waals surface area contributed by atoms with E-state index in [1.807, 2.05) is 72.8 Å². The molecule has 0 aliphatic carbocycles. The normalized spacial score (nSPS) is 10.4. The molecular formula is C27H23N3O2. The van der Waals surface area contributed by atoms with Crippen molar-refractivity contribution in [2.45, 2.75) is 6.42 Å². The van der Waals surface area contributed by atoms with Crippen molar-refractivity contribution in [1.82, 2.24) is 10.3 Å². The molecule has 0 unspecified atom stereocenters. The summed E-state index contributed by atoms with van der Waals surface area (Å²) in [6.45, 7) is 0.437. The maximum absolute atomic E-state index is 12.9. The van der Waals surface area contributed by atoms with E-state index in [1.54, 1.807) is 30.5 Å². The Bertz CT molecular complexity index is 1190. The lowest BCUT2D eigenvalue weighted by atomic mass is 10.0. The molecule has 4 aromatic rings. The molecule has 0 saturated heterocycles. The molecule has 2 N–H and O–H groups in total. The maximum Gasteiger partial charge on any atom is 0.256 e. The molecule has 32 heavy (non-hydrogen) atoms. The highest BCUT2D eigenvalue weighted by Gasteiger charge is 2.16. The van der Waals surface area contributed by atoms with Gasteiger partial charge in [-0.2, -0.15) is 0 Å². The Balaban J connectivity index is 1.41. The fourth-order valence-corrected chi connectivity index (χ4v) is 3.40. The first-order chi connectivity index (χ1) is 15.7. The van der Waals surface area contributed by atoms with E-state index >= 15 is 0 Å². The van der Waals surface area contributed by atoms with E-state index < -0.39 is 0 Å². The Labute approximate surface area is 187 Å². The topological polar surface area (TPSA) is 71.1 Å². The summed E-state index contributed by atoms with van der Waals surface area (Å²) in [6.07, 6.45) is 2.35. The standard InChI is InChI=1S/C27H23N3O2/c31-26(29-19-17-22-10-6-7-18-28-22)24-11-4-5-12-25(24)27(32)30-23-15-13-21(14-16-23)20-8-2-1-3-9-20/h1-16,18H,17,19H2,(H,29,31)(H,30,32). The van der Waals surface area contributed by atoms with Gasteiger partial charge in [0.2, 0.25) is 0 Å². The van der Waals surface area contributed by atoms with E-state index in [4.69, 9.17) is 0 Å².